The number of rotatable bonds is 6. The molecular formula is C29H42FN5O2. The Morgan fingerprint density at radius 1 is 1.19 bits per heavy atom. The van der Waals surface area contributed by atoms with Crippen LogP contribution in [0.3, 0.4) is 0 Å². The molecule has 0 radical (unpaired) electrons. The number of nitrogens with one attached hydrogen (secondary N) is 1. The van der Waals surface area contributed by atoms with Crippen molar-refractivity contribution < 1.29 is 13.9 Å². The second-order valence-electron chi connectivity index (χ2n) is 11.2. The van der Waals surface area contributed by atoms with E-state index in [1.165, 1.54) is 12.1 Å². The van der Waals surface area contributed by atoms with E-state index in [9.17, 15) is 9.18 Å². The number of aromatic nitrogens is 1. The van der Waals surface area contributed by atoms with Gasteiger partial charge in [0.15, 0.2) is 0 Å². The Morgan fingerprint density at radius 2 is 1.92 bits per heavy atom. The van der Waals surface area contributed by atoms with Crippen molar-refractivity contribution in [1.82, 2.24) is 20.1 Å². The predicted molar refractivity (Wildman–Crippen MR) is 146 cm³/mol. The van der Waals surface area contributed by atoms with Crippen LogP contribution in [0.4, 0.5) is 10.1 Å². The minimum absolute atomic E-state index is 0. The number of carbonyl (C=O) groups is 1. The first-order chi connectivity index (χ1) is 17.3. The third-order valence-corrected chi connectivity index (χ3v) is 7.67. The number of carbonyl (C=O) groups excluding carboxylic acids is 1. The van der Waals surface area contributed by atoms with Gasteiger partial charge in [0.1, 0.15) is 5.82 Å². The van der Waals surface area contributed by atoms with Crippen LogP contribution in [-0.2, 0) is 21.4 Å². The van der Waals surface area contributed by atoms with Crippen molar-refractivity contribution in [2.75, 3.05) is 63.9 Å². The highest BCUT2D eigenvalue weighted by Crippen LogP contribution is 2.39. The Bertz CT molecular complexity index is 1070. The van der Waals surface area contributed by atoms with Crippen LogP contribution in [0.5, 0.6) is 0 Å². The monoisotopic (exact) mass is 511 g/mol. The van der Waals surface area contributed by atoms with Crippen molar-refractivity contribution >= 4 is 11.6 Å². The van der Waals surface area contributed by atoms with Gasteiger partial charge in [-0.3, -0.25) is 19.6 Å². The number of morpholine rings is 1. The summed E-state index contributed by atoms with van der Waals surface area (Å²) in [5.74, 6) is -0.109. The zero-order valence-electron chi connectivity index (χ0n) is 21.7. The zero-order chi connectivity index (χ0) is 25.3. The minimum atomic E-state index is -0.237. The molecule has 0 spiro atoms. The molecule has 8 heteroatoms. The van der Waals surface area contributed by atoms with Gasteiger partial charge in [-0.25, -0.2) is 4.39 Å². The second kappa shape index (κ2) is 11.6. The van der Waals surface area contributed by atoms with E-state index in [0.717, 1.165) is 68.4 Å². The van der Waals surface area contributed by atoms with E-state index in [1.54, 1.807) is 12.1 Å². The van der Waals surface area contributed by atoms with Gasteiger partial charge in [-0.1, -0.05) is 33.4 Å². The molecule has 5 rings (SSSR count). The molecule has 0 bridgehead atoms. The molecule has 2 fully saturated rings. The number of halogens is 1. The standard InChI is InChI=1S/C28H38FN5O2.CH4/c1-20-16-33(24(15-30-20)17-32-8-10-36-11-9-32)18-26(35)34-19-28(2,3)27-25(34)13-22(14-31-27)12-21-4-6-23(29)7-5-21;/h4-7,13-14,20,24,30H,8-12,15-19H2,1-3H3;1H4/t20-,24-;/m1./s1. The third-order valence-electron chi connectivity index (χ3n) is 7.67. The first kappa shape index (κ1) is 27.6. The Hall–Kier alpha value is -2.39. The molecule has 1 aromatic heterocycles. The molecule has 3 aliphatic rings. The van der Waals surface area contributed by atoms with Gasteiger partial charge >= 0.3 is 0 Å². The summed E-state index contributed by atoms with van der Waals surface area (Å²) in [6, 6.07) is 9.31. The molecule has 1 N–H and O–H groups in total. The van der Waals surface area contributed by atoms with Crippen molar-refractivity contribution in [3.8, 4) is 0 Å². The van der Waals surface area contributed by atoms with Crippen molar-refractivity contribution in [3.05, 3.63) is 59.2 Å². The highest BCUT2D eigenvalue weighted by molar-refractivity contribution is 5.97. The molecular weight excluding hydrogens is 469 g/mol. The number of anilines is 1. The van der Waals surface area contributed by atoms with Crippen LogP contribution in [0.2, 0.25) is 0 Å². The minimum Gasteiger partial charge on any atom is -0.379 e. The predicted octanol–water partition coefficient (Wildman–Crippen LogP) is 3.07. The normalized spacial score (nSPS) is 23.9. The summed E-state index contributed by atoms with van der Waals surface area (Å²) in [4.78, 5) is 25.3. The van der Waals surface area contributed by atoms with E-state index in [0.29, 0.717) is 31.6 Å². The number of hydrogen-bond acceptors (Lipinski definition) is 6. The highest BCUT2D eigenvalue weighted by Gasteiger charge is 2.40. The van der Waals surface area contributed by atoms with Crippen LogP contribution in [0, 0.1) is 5.82 Å². The summed E-state index contributed by atoms with van der Waals surface area (Å²) < 4.78 is 18.8. The SMILES string of the molecule is C.C[C@@H]1CN(CC(=O)N2CC(C)(C)c3ncc(Cc4ccc(F)cc4)cc32)[C@@H](CN2CCOCC2)CN1. The van der Waals surface area contributed by atoms with E-state index >= 15 is 0 Å². The molecule has 1 amide bonds. The Morgan fingerprint density at radius 3 is 2.65 bits per heavy atom. The number of ether oxygens (including phenoxy) is 1. The molecule has 0 aliphatic carbocycles. The van der Waals surface area contributed by atoms with Crippen LogP contribution in [0.1, 0.15) is 45.0 Å². The molecule has 2 saturated heterocycles. The van der Waals surface area contributed by atoms with Crippen molar-refractivity contribution in [1.29, 1.82) is 0 Å². The van der Waals surface area contributed by atoms with Crippen molar-refractivity contribution in [2.45, 2.75) is 52.1 Å². The molecule has 2 atom stereocenters. The molecule has 4 heterocycles. The third kappa shape index (κ3) is 6.37. The van der Waals surface area contributed by atoms with Crippen LogP contribution in [0.25, 0.3) is 0 Å². The van der Waals surface area contributed by atoms with Gasteiger partial charge in [0, 0.05) is 63.0 Å². The summed E-state index contributed by atoms with van der Waals surface area (Å²) in [5, 5.41) is 3.60. The van der Waals surface area contributed by atoms with Crippen LogP contribution >= 0.6 is 0 Å². The fraction of sp³-hybridized carbons (Fsp3) is 0.586. The van der Waals surface area contributed by atoms with Gasteiger partial charge in [0.2, 0.25) is 5.91 Å². The number of hydrogen-bond donors (Lipinski definition) is 1. The highest BCUT2D eigenvalue weighted by atomic mass is 19.1. The Balaban J connectivity index is 0.00000320. The molecule has 7 nitrogen and oxygen atoms in total. The fourth-order valence-electron chi connectivity index (χ4n) is 5.68. The van der Waals surface area contributed by atoms with Crippen LogP contribution < -0.4 is 10.2 Å². The maximum Gasteiger partial charge on any atom is 0.241 e. The first-order valence-electron chi connectivity index (χ1n) is 13.1. The van der Waals surface area contributed by atoms with Crippen LogP contribution in [-0.4, -0.2) is 91.8 Å². The molecule has 2 aromatic rings. The summed E-state index contributed by atoms with van der Waals surface area (Å²) in [6.07, 6.45) is 2.55. The van der Waals surface area contributed by atoms with Gasteiger partial charge in [-0.15, -0.1) is 0 Å². The largest absolute Gasteiger partial charge is 0.379 e. The summed E-state index contributed by atoms with van der Waals surface area (Å²) >= 11 is 0. The van der Waals surface area contributed by atoms with E-state index in [-0.39, 0.29) is 24.6 Å². The van der Waals surface area contributed by atoms with E-state index in [2.05, 4.69) is 42.0 Å². The summed E-state index contributed by atoms with van der Waals surface area (Å²) in [7, 11) is 0. The smallest absolute Gasteiger partial charge is 0.241 e. The number of benzene rings is 1. The maximum absolute atomic E-state index is 13.8. The first-order valence-corrected chi connectivity index (χ1v) is 13.1. The second-order valence-corrected chi connectivity index (χ2v) is 11.2. The lowest BCUT2D eigenvalue weighted by atomic mass is 9.91. The van der Waals surface area contributed by atoms with E-state index < -0.39 is 0 Å². The van der Waals surface area contributed by atoms with Crippen molar-refractivity contribution in [2.24, 2.45) is 0 Å². The molecule has 3 aliphatic heterocycles. The quantitative estimate of drug-likeness (QED) is 0.643. The average Bonchev–Trinajstić information content (AvgIpc) is 3.13. The van der Waals surface area contributed by atoms with Gasteiger partial charge < -0.3 is 15.0 Å². The Kier molecular flexibility index (Phi) is 8.63. The zero-order valence-corrected chi connectivity index (χ0v) is 21.7. The number of piperazine rings is 1. The van der Waals surface area contributed by atoms with Gasteiger partial charge in [-0.2, -0.15) is 0 Å². The topological polar surface area (TPSA) is 60.9 Å². The van der Waals surface area contributed by atoms with Gasteiger partial charge in [0.25, 0.3) is 0 Å². The van der Waals surface area contributed by atoms with Crippen LogP contribution in [0.15, 0.2) is 36.5 Å². The maximum atomic E-state index is 13.8. The molecule has 202 valence electrons. The molecule has 37 heavy (non-hydrogen) atoms. The van der Waals surface area contributed by atoms with Gasteiger partial charge in [0.05, 0.1) is 31.1 Å². The molecule has 1 aromatic carbocycles. The van der Waals surface area contributed by atoms with Gasteiger partial charge in [-0.05, 0) is 42.7 Å². The number of pyridine rings is 1. The molecule has 0 unspecified atom stereocenters. The van der Waals surface area contributed by atoms with E-state index in [4.69, 9.17) is 9.72 Å². The summed E-state index contributed by atoms with van der Waals surface area (Å²) in [6.45, 7) is 13.7. The summed E-state index contributed by atoms with van der Waals surface area (Å²) in [5.41, 5.74) is 3.73. The van der Waals surface area contributed by atoms with E-state index in [1.807, 2.05) is 11.1 Å². The average molecular weight is 512 g/mol. The van der Waals surface area contributed by atoms with Crippen molar-refractivity contribution in [3.63, 3.8) is 0 Å². The lowest BCUT2D eigenvalue weighted by molar-refractivity contribution is -0.121. The Labute approximate surface area is 221 Å². The molecule has 0 saturated carbocycles. The fourth-order valence-corrected chi connectivity index (χ4v) is 5.68. The number of amides is 1. The lowest BCUT2D eigenvalue weighted by Crippen LogP contribution is -2.61. The lowest BCUT2D eigenvalue weighted by Gasteiger charge is -2.42. The number of fused-ring (bicyclic) bond motifs is 1. The number of nitrogens with zero attached hydrogens (tertiary/aromatic N) is 4.